The summed E-state index contributed by atoms with van der Waals surface area (Å²) in [4.78, 5) is 21.9. The van der Waals surface area contributed by atoms with Crippen LogP contribution in [-0.4, -0.2) is 48.0 Å². The monoisotopic (exact) mass is 337 g/mol. The second-order valence-corrected chi connectivity index (χ2v) is 6.25. The van der Waals surface area contributed by atoms with Crippen molar-refractivity contribution >= 4 is 28.3 Å². The average molecular weight is 337 g/mol. The van der Waals surface area contributed by atoms with E-state index >= 15 is 0 Å². The topological polar surface area (TPSA) is 73.0 Å². The molecule has 0 aliphatic rings. The SMILES string of the molecule is CN(C)CCNc1ccc(NC(=O)Cc2c[nH]c3ccccc23)nc1. The molecule has 0 saturated carbocycles. The normalized spacial score (nSPS) is 11.0. The van der Waals surface area contributed by atoms with Crippen molar-refractivity contribution in [2.24, 2.45) is 0 Å². The molecule has 0 aliphatic heterocycles. The lowest BCUT2D eigenvalue weighted by Crippen LogP contribution is -2.20. The van der Waals surface area contributed by atoms with Gasteiger partial charge in [-0.15, -0.1) is 0 Å². The summed E-state index contributed by atoms with van der Waals surface area (Å²) in [5, 5.41) is 7.21. The quantitative estimate of drug-likeness (QED) is 0.620. The Balaban J connectivity index is 1.56. The van der Waals surface area contributed by atoms with E-state index in [4.69, 9.17) is 0 Å². The van der Waals surface area contributed by atoms with Gasteiger partial charge in [-0.25, -0.2) is 4.98 Å². The number of fused-ring (bicyclic) bond motifs is 1. The van der Waals surface area contributed by atoms with Gasteiger partial charge in [0.2, 0.25) is 5.91 Å². The number of likely N-dealkylation sites (N-methyl/N-ethyl adjacent to an activating group) is 1. The molecule has 0 saturated heterocycles. The third-order valence-electron chi connectivity index (χ3n) is 3.95. The van der Waals surface area contributed by atoms with E-state index in [1.807, 2.05) is 56.7 Å². The number of hydrogen-bond acceptors (Lipinski definition) is 4. The van der Waals surface area contributed by atoms with Gasteiger partial charge < -0.3 is 20.5 Å². The van der Waals surface area contributed by atoms with Gasteiger partial charge in [0.25, 0.3) is 0 Å². The maximum absolute atomic E-state index is 12.3. The molecule has 0 fully saturated rings. The van der Waals surface area contributed by atoms with Gasteiger partial charge in [0.15, 0.2) is 0 Å². The number of pyridine rings is 1. The van der Waals surface area contributed by atoms with E-state index in [1.165, 1.54) is 0 Å². The van der Waals surface area contributed by atoms with E-state index in [-0.39, 0.29) is 5.91 Å². The molecular weight excluding hydrogens is 314 g/mol. The van der Waals surface area contributed by atoms with Crippen molar-refractivity contribution in [3.8, 4) is 0 Å². The number of aromatic nitrogens is 2. The molecule has 1 amide bonds. The summed E-state index contributed by atoms with van der Waals surface area (Å²) in [5.41, 5.74) is 2.96. The highest BCUT2D eigenvalue weighted by Gasteiger charge is 2.09. The van der Waals surface area contributed by atoms with Crippen molar-refractivity contribution in [3.05, 3.63) is 54.4 Å². The highest BCUT2D eigenvalue weighted by atomic mass is 16.1. The first kappa shape index (κ1) is 17.0. The second kappa shape index (κ2) is 7.81. The van der Waals surface area contributed by atoms with Crippen LogP contribution in [0, 0.1) is 0 Å². The number of aromatic amines is 1. The van der Waals surface area contributed by atoms with Gasteiger partial charge in [-0.05, 0) is 37.9 Å². The number of carbonyl (C=O) groups is 1. The van der Waals surface area contributed by atoms with Gasteiger partial charge in [0.1, 0.15) is 5.82 Å². The van der Waals surface area contributed by atoms with Crippen LogP contribution in [0.4, 0.5) is 11.5 Å². The molecule has 3 rings (SSSR count). The zero-order valence-electron chi connectivity index (χ0n) is 14.5. The summed E-state index contributed by atoms with van der Waals surface area (Å²) >= 11 is 0. The van der Waals surface area contributed by atoms with Crippen molar-refractivity contribution < 1.29 is 4.79 Å². The number of nitrogens with one attached hydrogen (secondary N) is 3. The molecule has 3 N–H and O–H groups in total. The minimum atomic E-state index is -0.0782. The fourth-order valence-electron chi connectivity index (χ4n) is 2.63. The van der Waals surface area contributed by atoms with Crippen LogP contribution >= 0.6 is 0 Å². The predicted molar refractivity (Wildman–Crippen MR) is 102 cm³/mol. The van der Waals surface area contributed by atoms with Crippen LogP contribution in [0.1, 0.15) is 5.56 Å². The number of rotatable bonds is 7. The number of carbonyl (C=O) groups excluding carboxylic acids is 1. The molecule has 3 aromatic rings. The van der Waals surface area contributed by atoms with Gasteiger partial charge in [0.05, 0.1) is 18.3 Å². The standard InChI is InChI=1S/C19H23N5O/c1-24(2)10-9-20-15-7-8-18(22-13-15)23-19(25)11-14-12-21-17-6-4-3-5-16(14)17/h3-8,12-13,20-21H,9-11H2,1-2H3,(H,22,23,25). The first-order chi connectivity index (χ1) is 12.1. The Morgan fingerprint density at radius 2 is 2.04 bits per heavy atom. The van der Waals surface area contributed by atoms with Crippen molar-refractivity contribution in [3.63, 3.8) is 0 Å². The van der Waals surface area contributed by atoms with Gasteiger partial charge >= 0.3 is 0 Å². The number of benzene rings is 1. The van der Waals surface area contributed by atoms with E-state index in [2.05, 4.69) is 25.5 Å². The van der Waals surface area contributed by atoms with E-state index in [0.29, 0.717) is 12.2 Å². The molecule has 0 spiro atoms. The summed E-state index contributed by atoms with van der Waals surface area (Å²) < 4.78 is 0. The summed E-state index contributed by atoms with van der Waals surface area (Å²) in [6.07, 6.45) is 3.93. The van der Waals surface area contributed by atoms with E-state index in [1.54, 1.807) is 6.20 Å². The minimum absolute atomic E-state index is 0.0782. The molecule has 2 heterocycles. The fraction of sp³-hybridized carbons (Fsp3) is 0.263. The lowest BCUT2D eigenvalue weighted by atomic mass is 10.1. The number of hydrogen-bond donors (Lipinski definition) is 3. The molecule has 0 unspecified atom stereocenters. The number of nitrogens with zero attached hydrogens (tertiary/aromatic N) is 2. The Morgan fingerprint density at radius 1 is 1.20 bits per heavy atom. The van der Waals surface area contributed by atoms with Crippen LogP contribution in [0.2, 0.25) is 0 Å². The number of amides is 1. The zero-order valence-corrected chi connectivity index (χ0v) is 14.5. The molecule has 2 aromatic heterocycles. The minimum Gasteiger partial charge on any atom is -0.383 e. The highest BCUT2D eigenvalue weighted by Crippen LogP contribution is 2.18. The van der Waals surface area contributed by atoms with Crippen LogP contribution in [-0.2, 0) is 11.2 Å². The van der Waals surface area contributed by atoms with Crippen LogP contribution in [0.5, 0.6) is 0 Å². The molecule has 25 heavy (non-hydrogen) atoms. The summed E-state index contributed by atoms with van der Waals surface area (Å²) in [6.45, 7) is 1.80. The third kappa shape index (κ3) is 4.58. The lowest BCUT2D eigenvalue weighted by Gasteiger charge is -2.11. The summed E-state index contributed by atoms with van der Waals surface area (Å²) in [6, 6.07) is 11.7. The molecule has 6 heteroatoms. The van der Waals surface area contributed by atoms with Crippen molar-refractivity contribution in [2.45, 2.75) is 6.42 Å². The third-order valence-corrected chi connectivity index (χ3v) is 3.95. The summed E-state index contributed by atoms with van der Waals surface area (Å²) in [5.74, 6) is 0.480. The van der Waals surface area contributed by atoms with Crippen molar-refractivity contribution in [1.29, 1.82) is 0 Å². The molecule has 0 bridgehead atoms. The number of H-pyrrole nitrogens is 1. The zero-order chi connectivity index (χ0) is 17.6. The Morgan fingerprint density at radius 3 is 2.80 bits per heavy atom. The van der Waals surface area contributed by atoms with Crippen molar-refractivity contribution in [1.82, 2.24) is 14.9 Å². The first-order valence-corrected chi connectivity index (χ1v) is 8.31. The van der Waals surface area contributed by atoms with Crippen molar-refractivity contribution in [2.75, 3.05) is 37.8 Å². The number of para-hydroxylation sites is 1. The molecule has 0 atom stereocenters. The van der Waals surface area contributed by atoms with E-state index in [0.717, 1.165) is 35.2 Å². The Bertz CT molecular complexity index is 838. The predicted octanol–water partition coefficient (Wildman–Crippen LogP) is 2.72. The molecule has 1 aromatic carbocycles. The smallest absolute Gasteiger partial charge is 0.230 e. The maximum atomic E-state index is 12.3. The van der Waals surface area contributed by atoms with E-state index < -0.39 is 0 Å². The Labute approximate surface area is 147 Å². The maximum Gasteiger partial charge on any atom is 0.230 e. The van der Waals surface area contributed by atoms with E-state index in [9.17, 15) is 4.79 Å². The molecular formula is C19H23N5O. The van der Waals surface area contributed by atoms with Gasteiger partial charge in [0, 0.05) is 30.2 Å². The van der Waals surface area contributed by atoms with Gasteiger partial charge in [-0.3, -0.25) is 4.79 Å². The fourth-order valence-corrected chi connectivity index (χ4v) is 2.63. The first-order valence-electron chi connectivity index (χ1n) is 8.31. The van der Waals surface area contributed by atoms with Crippen LogP contribution < -0.4 is 10.6 Å². The number of anilines is 2. The highest BCUT2D eigenvalue weighted by molar-refractivity contribution is 5.95. The molecule has 0 aliphatic carbocycles. The average Bonchev–Trinajstić information content (AvgIpc) is 2.99. The van der Waals surface area contributed by atoms with Crippen LogP contribution in [0.3, 0.4) is 0 Å². The largest absolute Gasteiger partial charge is 0.383 e. The Hall–Kier alpha value is -2.86. The molecule has 130 valence electrons. The van der Waals surface area contributed by atoms with Gasteiger partial charge in [-0.2, -0.15) is 0 Å². The lowest BCUT2D eigenvalue weighted by molar-refractivity contribution is -0.115. The van der Waals surface area contributed by atoms with Crippen LogP contribution in [0.15, 0.2) is 48.8 Å². The van der Waals surface area contributed by atoms with Crippen LogP contribution in [0.25, 0.3) is 10.9 Å². The molecule has 6 nitrogen and oxygen atoms in total. The molecule has 0 radical (unpaired) electrons. The Kier molecular flexibility index (Phi) is 5.30. The second-order valence-electron chi connectivity index (χ2n) is 6.25. The van der Waals surface area contributed by atoms with Gasteiger partial charge in [-0.1, -0.05) is 18.2 Å². The summed E-state index contributed by atoms with van der Waals surface area (Å²) in [7, 11) is 4.07.